The summed E-state index contributed by atoms with van der Waals surface area (Å²) < 4.78 is 11.7. The van der Waals surface area contributed by atoms with E-state index in [1.54, 1.807) is 6.20 Å². The lowest BCUT2D eigenvalue weighted by atomic mass is 9.96. The Hall–Kier alpha value is -2.14. The minimum Gasteiger partial charge on any atom is -0.489 e. The molecule has 1 heterocycles. The first-order chi connectivity index (χ1) is 12.9. The number of pyridine rings is 1. The molecule has 0 radical (unpaired) electrons. The Morgan fingerprint density at radius 1 is 1.22 bits per heavy atom. The third-order valence-electron chi connectivity index (χ3n) is 4.54. The molecule has 1 amide bonds. The van der Waals surface area contributed by atoms with Crippen LogP contribution in [0.15, 0.2) is 30.5 Å². The Morgan fingerprint density at radius 2 is 2.00 bits per heavy atom. The maximum atomic E-state index is 13.0. The molecule has 148 valence electrons. The Bertz CT molecular complexity index is 760. The number of fused-ring (bicyclic) bond motifs is 1. The molecule has 2 rings (SSSR count). The van der Waals surface area contributed by atoms with Crippen LogP contribution in [0, 0.1) is 0 Å². The lowest BCUT2D eigenvalue weighted by molar-refractivity contribution is -0.139. The van der Waals surface area contributed by atoms with Crippen molar-refractivity contribution in [1.29, 1.82) is 0 Å². The third-order valence-corrected chi connectivity index (χ3v) is 4.54. The topological polar surface area (TPSA) is 60.5 Å². The van der Waals surface area contributed by atoms with Crippen molar-refractivity contribution in [3.8, 4) is 5.75 Å². The minimum atomic E-state index is -0.842. The number of nitrogens with one attached hydrogen (secondary N) is 1. The van der Waals surface area contributed by atoms with E-state index in [-0.39, 0.29) is 12.0 Å². The maximum Gasteiger partial charge on any atom is 0.256 e. The SMILES string of the molecule is CCCCCC(C)(OCC)C(=O)Nc1ccc(OC(C)C)c2ncccc12. The van der Waals surface area contributed by atoms with Gasteiger partial charge in [0.25, 0.3) is 5.91 Å². The number of carbonyl (C=O) groups excluding carboxylic acids is 1. The van der Waals surface area contributed by atoms with Crippen molar-refractivity contribution >= 4 is 22.5 Å². The number of ether oxygens (including phenoxy) is 2. The van der Waals surface area contributed by atoms with Crippen LogP contribution in [0.1, 0.15) is 60.3 Å². The van der Waals surface area contributed by atoms with Crippen molar-refractivity contribution in [3.63, 3.8) is 0 Å². The van der Waals surface area contributed by atoms with Crippen LogP contribution in [0.5, 0.6) is 5.75 Å². The summed E-state index contributed by atoms with van der Waals surface area (Å²) >= 11 is 0. The highest BCUT2D eigenvalue weighted by Gasteiger charge is 2.33. The molecule has 0 fully saturated rings. The van der Waals surface area contributed by atoms with Gasteiger partial charge in [0.1, 0.15) is 16.9 Å². The second kappa shape index (κ2) is 9.70. The molecule has 1 aromatic heterocycles. The summed E-state index contributed by atoms with van der Waals surface area (Å²) in [5.74, 6) is 0.595. The molecule has 27 heavy (non-hydrogen) atoms. The van der Waals surface area contributed by atoms with E-state index in [0.717, 1.165) is 35.9 Å². The Kier molecular flexibility index (Phi) is 7.60. The third kappa shape index (κ3) is 5.42. The number of carbonyl (C=O) groups is 1. The zero-order valence-corrected chi connectivity index (χ0v) is 17.2. The van der Waals surface area contributed by atoms with Crippen LogP contribution in [0.3, 0.4) is 0 Å². The molecule has 0 spiro atoms. The number of unbranched alkanes of at least 4 members (excludes halogenated alkanes) is 2. The van der Waals surface area contributed by atoms with E-state index in [4.69, 9.17) is 9.47 Å². The molecule has 0 aliphatic rings. The van der Waals surface area contributed by atoms with E-state index in [0.29, 0.717) is 18.8 Å². The van der Waals surface area contributed by atoms with Gasteiger partial charge >= 0.3 is 0 Å². The minimum absolute atomic E-state index is 0.0514. The number of rotatable bonds is 10. The van der Waals surface area contributed by atoms with Crippen LogP contribution >= 0.6 is 0 Å². The number of hydrogen-bond donors (Lipinski definition) is 1. The zero-order valence-electron chi connectivity index (χ0n) is 17.2. The summed E-state index contributed by atoms with van der Waals surface area (Å²) in [5, 5.41) is 3.92. The second-order valence-corrected chi connectivity index (χ2v) is 7.25. The van der Waals surface area contributed by atoms with Gasteiger partial charge in [0.05, 0.1) is 11.8 Å². The van der Waals surface area contributed by atoms with E-state index < -0.39 is 5.60 Å². The Balaban J connectivity index is 2.29. The zero-order chi connectivity index (χ0) is 19.9. The van der Waals surface area contributed by atoms with Gasteiger partial charge in [-0.05, 0) is 58.4 Å². The molecule has 0 aliphatic carbocycles. The molecule has 1 aromatic carbocycles. The molecular weight excluding hydrogens is 340 g/mol. The normalized spacial score (nSPS) is 13.6. The standard InChI is InChI=1S/C22H32N2O3/c1-6-8-9-14-22(5,26-7-2)21(25)24-18-12-13-19(27-16(3)4)20-17(18)11-10-15-23-20/h10-13,15-16H,6-9,14H2,1-5H3,(H,24,25). The monoisotopic (exact) mass is 372 g/mol. The van der Waals surface area contributed by atoms with Gasteiger partial charge in [-0.3, -0.25) is 9.78 Å². The molecule has 0 saturated carbocycles. The van der Waals surface area contributed by atoms with E-state index in [2.05, 4.69) is 17.2 Å². The van der Waals surface area contributed by atoms with Gasteiger partial charge in [0, 0.05) is 18.2 Å². The predicted molar refractivity (Wildman–Crippen MR) is 110 cm³/mol. The first-order valence-corrected chi connectivity index (χ1v) is 9.91. The molecule has 0 bridgehead atoms. The van der Waals surface area contributed by atoms with Crippen molar-refractivity contribution in [2.24, 2.45) is 0 Å². The molecule has 0 aliphatic heterocycles. The number of aromatic nitrogens is 1. The van der Waals surface area contributed by atoms with Crippen molar-refractivity contribution in [1.82, 2.24) is 4.98 Å². The smallest absolute Gasteiger partial charge is 0.256 e. The fourth-order valence-electron chi connectivity index (χ4n) is 3.14. The van der Waals surface area contributed by atoms with Gasteiger partial charge in [-0.2, -0.15) is 0 Å². The first kappa shape index (κ1) is 21.2. The molecule has 5 nitrogen and oxygen atoms in total. The summed E-state index contributed by atoms with van der Waals surface area (Å²) in [4.78, 5) is 17.5. The fourth-order valence-corrected chi connectivity index (χ4v) is 3.14. The Morgan fingerprint density at radius 3 is 2.67 bits per heavy atom. The highest BCUT2D eigenvalue weighted by Crippen LogP contribution is 2.32. The first-order valence-electron chi connectivity index (χ1n) is 9.91. The molecule has 1 atom stereocenters. The van der Waals surface area contributed by atoms with Crippen molar-refractivity contribution in [2.75, 3.05) is 11.9 Å². The van der Waals surface area contributed by atoms with Crippen LogP contribution in [-0.4, -0.2) is 29.2 Å². The summed E-state index contributed by atoms with van der Waals surface area (Å²) in [5.41, 5.74) is 0.625. The number of amides is 1. The molecule has 1 N–H and O–H groups in total. The van der Waals surface area contributed by atoms with Gasteiger partial charge in [-0.1, -0.05) is 26.2 Å². The average molecular weight is 373 g/mol. The lowest BCUT2D eigenvalue weighted by Gasteiger charge is -2.28. The van der Waals surface area contributed by atoms with Gasteiger partial charge < -0.3 is 14.8 Å². The van der Waals surface area contributed by atoms with E-state index in [1.165, 1.54) is 0 Å². The van der Waals surface area contributed by atoms with Crippen molar-refractivity contribution < 1.29 is 14.3 Å². The summed E-state index contributed by atoms with van der Waals surface area (Å²) in [6, 6.07) is 7.54. The van der Waals surface area contributed by atoms with Crippen LogP contribution in [0.2, 0.25) is 0 Å². The molecule has 2 aromatic rings. The van der Waals surface area contributed by atoms with Crippen molar-refractivity contribution in [2.45, 2.75) is 72.0 Å². The van der Waals surface area contributed by atoms with E-state index in [1.807, 2.05) is 52.0 Å². The fraction of sp³-hybridized carbons (Fsp3) is 0.545. The van der Waals surface area contributed by atoms with E-state index >= 15 is 0 Å². The van der Waals surface area contributed by atoms with Crippen molar-refractivity contribution in [3.05, 3.63) is 30.5 Å². The Labute approximate surface area is 162 Å². The van der Waals surface area contributed by atoms with Gasteiger partial charge in [0.15, 0.2) is 0 Å². The molecular formula is C22H32N2O3. The van der Waals surface area contributed by atoms with Gasteiger partial charge in [0.2, 0.25) is 0 Å². The van der Waals surface area contributed by atoms with Gasteiger partial charge in [-0.25, -0.2) is 0 Å². The highest BCUT2D eigenvalue weighted by atomic mass is 16.5. The van der Waals surface area contributed by atoms with E-state index in [9.17, 15) is 4.79 Å². The molecule has 0 saturated heterocycles. The quantitative estimate of drug-likeness (QED) is 0.572. The number of benzene rings is 1. The van der Waals surface area contributed by atoms with Crippen LogP contribution in [0.25, 0.3) is 10.9 Å². The van der Waals surface area contributed by atoms with Gasteiger partial charge in [-0.15, -0.1) is 0 Å². The average Bonchev–Trinajstić information content (AvgIpc) is 2.63. The molecule has 5 heteroatoms. The molecule has 1 unspecified atom stereocenters. The predicted octanol–water partition coefficient (Wildman–Crippen LogP) is 5.34. The highest BCUT2D eigenvalue weighted by molar-refractivity contribution is 6.05. The maximum absolute atomic E-state index is 13.0. The van der Waals surface area contributed by atoms with Crippen LogP contribution in [-0.2, 0) is 9.53 Å². The summed E-state index contributed by atoms with van der Waals surface area (Å²) in [7, 11) is 0. The number of anilines is 1. The number of hydrogen-bond acceptors (Lipinski definition) is 4. The summed E-state index contributed by atoms with van der Waals surface area (Å²) in [6.07, 6.45) is 5.64. The second-order valence-electron chi connectivity index (χ2n) is 7.25. The number of nitrogens with zero attached hydrogens (tertiary/aromatic N) is 1. The largest absolute Gasteiger partial charge is 0.489 e. The van der Waals surface area contributed by atoms with Crippen LogP contribution < -0.4 is 10.1 Å². The lowest BCUT2D eigenvalue weighted by Crippen LogP contribution is -2.42. The van der Waals surface area contributed by atoms with Crippen LogP contribution in [0.4, 0.5) is 5.69 Å². The summed E-state index contributed by atoms with van der Waals surface area (Å²) in [6.45, 7) is 10.4.